The number of rotatable bonds is 0. The summed E-state index contributed by atoms with van der Waals surface area (Å²) in [5, 5.41) is 24.8. The van der Waals surface area contributed by atoms with E-state index < -0.39 is 57.7 Å². The van der Waals surface area contributed by atoms with Crippen molar-refractivity contribution in [2.45, 2.75) is 89.6 Å². The number of esters is 1. The summed E-state index contributed by atoms with van der Waals surface area (Å²) >= 11 is 0. The number of piperidine rings is 1. The normalized spacial score (nSPS) is 59.4. The summed E-state index contributed by atoms with van der Waals surface area (Å²) in [6.07, 6.45) is 1.87. The molecule has 9 heteroatoms. The highest BCUT2D eigenvalue weighted by atomic mass is 16.6. The standard InChI is InChI=1S/C30H39NO8/c1-14-6-18-22(19(32)7-14)16(3)23(35)24-27(10-21(34)37-12-27)26(4)9-20(33)29-8-15(2)5-17(39-29)11-31(29)30(26)25(36)28(18,24)13-38-30/h7,15-18,20,22,24-25,33,36H,5-6,8-13H2,1-4H3. The second-order valence-corrected chi connectivity index (χ2v) is 14.6. The summed E-state index contributed by atoms with van der Waals surface area (Å²) in [5.41, 5.74) is -4.39. The number of aliphatic hydroxyl groups excluding tert-OH is 2. The zero-order valence-corrected chi connectivity index (χ0v) is 23.1. The molecule has 39 heavy (non-hydrogen) atoms. The first kappa shape index (κ1) is 25.1. The second-order valence-electron chi connectivity index (χ2n) is 14.6. The Bertz CT molecular complexity index is 1250. The van der Waals surface area contributed by atoms with Gasteiger partial charge in [0.15, 0.2) is 17.2 Å². The van der Waals surface area contributed by atoms with Gasteiger partial charge in [-0.1, -0.05) is 26.3 Å². The summed E-state index contributed by atoms with van der Waals surface area (Å²) in [7, 11) is 0. The number of cyclic esters (lactones) is 1. The topological polar surface area (TPSA) is 123 Å². The third-order valence-electron chi connectivity index (χ3n) is 13.1. The summed E-state index contributed by atoms with van der Waals surface area (Å²) in [4.78, 5) is 43.2. The van der Waals surface area contributed by atoms with Crippen LogP contribution in [0.4, 0.5) is 0 Å². The van der Waals surface area contributed by atoms with Gasteiger partial charge in [-0.25, -0.2) is 4.90 Å². The molecule has 5 saturated heterocycles. The van der Waals surface area contributed by atoms with Crippen LogP contribution in [0.15, 0.2) is 11.6 Å². The van der Waals surface area contributed by atoms with Crippen molar-refractivity contribution < 1.29 is 38.8 Å². The van der Waals surface area contributed by atoms with Gasteiger partial charge in [0.1, 0.15) is 11.9 Å². The first-order chi connectivity index (χ1) is 18.4. The number of ether oxygens (including phenoxy) is 3. The Morgan fingerprint density at radius 2 is 1.87 bits per heavy atom. The molecule has 5 aliphatic heterocycles. The van der Waals surface area contributed by atoms with Crippen LogP contribution in [-0.2, 0) is 28.6 Å². The van der Waals surface area contributed by atoms with Gasteiger partial charge in [0.2, 0.25) is 0 Å². The fraction of sp³-hybridized carbons (Fsp3) is 0.833. The van der Waals surface area contributed by atoms with E-state index in [9.17, 15) is 24.6 Å². The number of hydrogen-bond donors (Lipinski definition) is 2. The molecule has 5 heterocycles. The lowest BCUT2D eigenvalue weighted by molar-refractivity contribution is -0.384. The fourth-order valence-electron chi connectivity index (χ4n) is 11.7. The van der Waals surface area contributed by atoms with E-state index in [-0.39, 0.29) is 55.6 Å². The predicted octanol–water partition coefficient (Wildman–Crippen LogP) is 1.59. The number of hydrogen-bond acceptors (Lipinski definition) is 9. The molecule has 3 aliphatic carbocycles. The molecule has 0 amide bonds. The quantitative estimate of drug-likeness (QED) is 0.440. The van der Waals surface area contributed by atoms with Gasteiger partial charge in [0, 0.05) is 40.5 Å². The maximum atomic E-state index is 14.6. The molecule has 8 rings (SSSR count). The van der Waals surface area contributed by atoms with Crippen molar-refractivity contribution in [3.05, 3.63) is 11.6 Å². The number of nitrogens with zero attached hydrogens (tertiary/aromatic N) is 1. The zero-order chi connectivity index (χ0) is 27.5. The van der Waals surface area contributed by atoms with Crippen LogP contribution in [0.25, 0.3) is 0 Å². The first-order valence-electron chi connectivity index (χ1n) is 14.7. The van der Waals surface area contributed by atoms with Gasteiger partial charge in [-0.05, 0) is 50.5 Å². The van der Waals surface area contributed by atoms with Crippen LogP contribution in [-0.4, -0.2) is 82.2 Å². The Hall–Kier alpha value is -1.65. The van der Waals surface area contributed by atoms with Gasteiger partial charge >= 0.3 is 5.97 Å². The molecule has 212 valence electrons. The molecule has 9 nitrogen and oxygen atoms in total. The molecule has 4 spiro atoms. The minimum absolute atomic E-state index is 0.0284. The molecule has 4 bridgehead atoms. The van der Waals surface area contributed by atoms with Crippen molar-refractivity contribution in [3.63, 3.8) is 0 Å². The minimum atomic E-state index is -1.29. The molecule has 0 aromatic carbocycles. The summed E-state index contributed by atoms with van der Waals surface area (Å²) in [6.45, 7) is 8.59. The van der Waals surface area contributed by atoms with E-state index in [4.69, 9.17) is 14.2 Å². The van der Waals surface area contributed by atoms with Gasteiger partial charge in [-0.3, -0.25) is 14.4 Å². The van der Waals surface area contributed by atoms with Crippen LogP contribution < -0.4 is 0 Å². The Morgan fingerprint density at radius 3 is 2.59 bits per heavy atom. The lowest BCUT2D eigenvalue weighted by Crippen LogP contribution is -2.85. The van der Waals surface area contributed by atoms with E-state index >= 15 is 0 Å². The molecular weight excluding hydrogens is 502 g/mol. The lowest BCUT2D eigenvalue weighted by Gasteiger charge is -2.73. The third-order valence-corrected chi connectivity index (χ3v) is 13.1. The number of carbonyl (C=O) groups is 3. The maximum absolute atomic E-state index is 14.6. The van der Waals surface area contributed by atoms with Crippen LogP contribution in [0.2, 0.25) is 0 Å². The van der Waals surface area contributed by atoms with Crippen LogP contribution in [0, 0.1) is 45.8 Å². The summed E-state index contributed by atoms with van der Waals surface area (Å²) < 4.78 is 19.3. The summed E-state index contributed by atoms with van der Waals surface area (Å²) in [5.74, 6) is -2.31. The van der Waals surface area contributed by atoms with E-state index in [1.807, 2.05) is 20.8 Å². The lowest BCUT2D eigenvalue weighted by atomic mass is 9.33. The van der Waals surface area contributed by atoms with Gasteiger partial charge < -0.3 is 24.4 Å². The molecule has 8 aliphatic rings. The smallest absolute Gasteiger partial charge is 0.306 e. The molecule has 13 unspecified atom stereocenters. The SMILES string of the molecule is CC1=CC(=O)C2C(C)C(=O)C3C4(COC5(C4O)N4CC6CC(C)CC4(O6)C(O)CC5(C)C34COC(=O)C4)C2C1. The van der Waals surface area contributed by atoms with E-state index in [1.165, 1.54) is 0 Å². The molecule has 13 atom stereocenters. The van der Waals surface area contributed by atoms with Crippen molar-refractivity contribution in [1.82, 2.24) is 4.90 Å². The molecule has 0 radical (unpaired) electrons. The van der Waals surface area contributed by atoms with Crippen LogP contribution in [0.5, 0.6) is 0 Å². The number of carbonyl (C=O) groups excluding carboxylic acids is 3. The van der Waals surface area contributed by atoms with Crippen molar-refractivity contribution in [1.29, 1.82) is 0 Å². The number of ketones is 2. The molecule has 2 N–H and O–H groups in total. The molecule has 0 aromatic rings. The number of allylic oxidation sites excluding steroid dienone is 2. The number of aliphatic hydroxyl groups is 2. The van der Waals surface area contributed by atoms with Crippen molar-refractivity contribution >= 4 is 17.5 Å². The number of fused-ring (bicyclic) bond motifs is 4. The molecule has 0 aromatic heterocycles. The van der Waals surface area contributed by atoms with Gasteiger partial charge in [0.25, 0.3) is 0 Å². The Kier molecular flexibility index (Phi) is 4.64. The van der Waals surface area contributed by atoms with E-state index in [1.54, 1.807) is 6.08 Å². The fourth-order valence-corrected chi connectivity index (χ4v) is 11.7. The minimum Gasteiger partial charge on any atom is -0.465 e. The zero-order valence-electron chi connectivity index (χ0n) is 23.1. The molecular formula is C30H39NO8. The summed E-state index contributed by atoms with van der Waals surface area (Å²) in [6, 6.07) is 0. The highest BCUT2D eigenvalue weighted by Crippen LogP contribution is 2.79. The predicted molar refractivity (Wildman–Crippen MR) is 135 cm³/mol. The second kappa shape index (κ2) is 7.21. The maximum Gasteiger partial charge on any atom is 0.306 e. The van der Waals surface area contributed by atoms with Crippen LogP contribution in [0.1, 0.15) is 59.8 Å². The van der Waals surface area contributed by atoms with Crippen LogP contribution in [0.3, 0.4) is 0 Å². The van der Waals surface area contributed by atoms with Crippen LogP contribution >= 0.6 is 0 Å². The largest absolute Gasteiger partial charge is 0.465 e. The van der Waals surface area contributed by atoms with Crippen molar-refractivity contribution in [2.75, 3.05) is 19.8 Å². The average Bonchev–Trinajstić information content (AvgIpc) is 3.47. The number of Topliss-reactive ketones (excluding diaryl/α,β-unsaturated/α-hetero) is 1. The monoisotopic (exact) mass is 541 g/mol. The van der Waals surface area contributed by atoms with Crippen molar-refractivity contribution in [3.8, 4) is 0 Å². The molecule has 2 saturated carbocycles. The Balaban J connectivity index is 1.41. The van der Waals surface area contributed by atoms with Crippen molar-refractivity contribution in [2.24, 2.45) is 45.8 Å². The van der Waals surface area contributed by atoms with Gasteiger partial charge in [-0.2, -0.15) is 0 Å². The third kappa shape index (κ3) is 2.41. The van der Waals surface area contributed by atoms with Gasteiger partial charge in [0.05, 0.1) is 31.8 Å². The van der Waals surface area contributed by atoms with E-state index in [0.29, 0.717) is 25.3 Å². The first-order valence-corrected chi connectivity index (χ1v) is 14.7. The Labute approximate surface area is 228 Å². The van der Waals surface area contributed by atoms with E-state index in [0.717, 1.165) is 12.0 Å². The van der Waals surface area contributed by atoms with Gasteiger partial charge in [-0.15, -0.1) is 0 Å². The van der Waals surface area contributed by atoms with E-state index in [2.05, 4.69) is 11.8 Å². The highest BCUT2D eigenvalue weighted by molar-refractivity contribution is 6.00. The molecule has 7 fully saturated rings. The highest BCUT2D eigenvalue weighted by Gasteiger charge is 2.90. The average molecular weight is 542 g/mol. The Morgan fingerprint density at radius 1 is 1.10 bits per heavy atom.